The van der Waals surface area contributed by atoms with E-state index < -0.39 is 41.1 Å². The Morgan fingerprint density at radius 3 is 1.42 bits per heavy atom. The van der Waals surface area contributed by atoms with Crippen LogP contribution in [0.25, 0.3) is 0 Å². The fraction of sp³-hybridized carbons (Fsp3) is 0.462. The van der Waals surface area contributed by atoms with Gasteiger partial charge in [-0.3, -0.25) is 9.59 Å². The summed E-state index contributed by atoms with van der Waals surface area (Å²) < 4.78 is 6.08. The molecule has 2 aromatic carbocycles. The Bertz CT molecular complexity index is 863. The molecule has 0 amide bonds. The van der Waals surface area contributed by atoms with E-state index in [1.54, 1.807) is 48.5 Å². The molecule has 0 aromatic heterocycles. The Labute approximate surface area is 194 Å². The summed E-state index contributed by atoms with van der Waals surface area (Å²) in [6.45, 7) is 7.62. The first-order valence-corrected chi connectivity index (χ1v) is 11.0. The summed E-state index contributed by atoms with van der Waals surface area (Å²) in [5.74, 6) is -1.30. The van der Waals surface area contributed by atoms with E-state index in [0.29, 0.717) is 28.7 Å². The van der Waals surface area contributed by atoms with Crippen molar-refractivity contribution in [3.8, 4) is 0 Å². The topological polar surface area (TPSA) is 124 Å². The second-order valence-electron chi connectivity index (χ2n) is 9.32. The quantitative estimate of drug-likeness (QED) is 0.301. The standard InChI is InChI=1S/C26H34O7/c1-6-16(24(29)30)15-33-21(17-7-11-19(12-8-17)22(27)25(2,3)31)18-9-13-20(14-10-18)23(28)26(4,5)32/h7-14,16,21,24,29-32H,6,15H2,1-5H3. The summed E-state index contributed by atoms with van der Waals surface area (Å²) in [7, 11) is 0. The first kappa shape index (κ1) is 26.8. The summed E-state index contributed by atoms with van der Waals surface area (Å²) in [4.78, 5) is 24.7. The van der Waals surface area contributed by atoms with Crippen LogP contribution in [0.1, 0.15) is 79.0 Å². The molecule has 1 unspecified atom stereocenters. The van der Waals surface area contributed by atoms with Crippen LogP contribution in [0.4, 0.5) is 0 Å². The van der Waals surface area contributed by atoms with E-state index in [2.05, 4.69) is 0 Å². The Hall–Kier alpha value is -2.42. The van der Waals surface area contributed by atoms with E-state index in [-0.39, 0.29) is 6.61 Å². The van der Waals surface area contributed by atoms with Crippen LogP contribution in [0, 0.1) is 5.92 Å². The predicted molar refractivity (Wildman–Crippen MR) is 124 cm³/mol. The van der Waals surface area contributed by atoms with Gasteiger partial charge in [0, 0.05) is 17.0 Å². The van der Waals surface area contributed by atoms with E-state index >= 15 is 0 Å². The molecule has 33 heavy (non-hydrogen) atoms. The number of aliphatic hydroxyl groups excluding tert-OH is 1. The lowest BCUT2D eigenvalue weighted by Gasteiger charge is -2.24. The summed E-state index contributed by atoms with van der Waals surface area (Å²) in [6.07, 6.45) is -1.62. The normalized spacial score (nSPS) is 13.4. The minimum Gasteiger partial charge on any atom is -0.382 e. The van der Waals surface area contributed by atoms with Crippen molar-refractivity contribution >= 4 is 11.6 Å². The van der Waals surface area contributed by atoms with Gasteiger partial charge >= 0.3 is 0 Å². The maximum absolute atomic E-state index is 12.3. The van der Waals surface area contributed by atoms with Crippen LogP contribution in [0.2, 0.25) is 0 Å². The second kappa shape index (κ2) is 10.7. The molecule has 0 aliphatic heterocycles. The third kappa shape index (κ3) is 7.03. The van der Waals surface area contributed by atoms with Crippen LogP contribution in [-0.2, 0) is 4.74 Å². The Kier molecular flexibility index (Phi) is 8.68. The Morgan fingerprint density at radius 1 is 0.788 bits per heavy atom. The molecule has 7 heteroatoms. The van der Waals surface area contributed by atoms with Gasteiger partial charge in [-0.2, -0.15) is 0 Å². The minimum atomic E-state index is -1.52. The minimum absolute atomic E-state index is 0.0769. The molecule has 0 aliphatic rings. The number of rotatable bonds is 11. The number of hydrogen-bond donors (Lipinski definition) is 4. The molecule has 0 saturated carbocycles. The van der Waals surface area contributed by atoms with Crippen LogP contribution in [0.3, 0.4) is 0 Å². The number of benzene rings is 2. The molecule has 0 bridgehead atoms. The molecule has 4 N–H and O–H groups in total. The van der Waals surface area contributed by atoms with Crippen molar-refractivity contribution in [2.45, 2.75) is 64.6 Å². The van der Waals surface area contributed by atoms with E-state index in [4.69, 9.17) is 4.74 Å². The zero-order valence-corrected chi connectivity index (χ0v) is 19.8. The van der Waals surface area contributed by atoms with Gasteiger partial charge in [-0.05, 0) is 45.2 Å². The SMILES string of the molecule is CCC(COC(c1ccc(C(=O)C(C)(C)O)cc1)c1ccc(C(=O)C(C)(C)O)cc1)C(O)O. The lowest BCUT2D eigenvalue weighted by molar-refractivity contribution is -0.111. The largest absolute Gasteiger partial charge is 0.382 e. The number of ether oxygens (including phenoxy) is 1. The zero-order valence-electron chi connectivity index (χ0n) is 19.8. The van der Waals surface area contributed by atoms with Gasteiger partial charge in [-0.25, -0.2) is 0 Å². The predicted octanol–water partition coefficient (Wildman–Crippen LogP) is 3.04. The fourth-order valence-electron chi connectivity index (χ4n) is 3.34. The summed E-state index contributed by atoms with van der Waals surface area (Å²) >= 11 is 0. The molecule has 0 spiro atoms. The lowest BCUT2D eigenvalue weighted by Crippen LogP contribution is -2.31. The summed E-state index contributed by atoms with van der Waals surface area (Å²) in [5, 5.41) is 39.1. The number of aliphatic hydroxyl groups is 4. The molecular formula is C26H34O7. The van der Waals surface area contributed by atoms with Crippen molar-refractivity contribution in [2.24, 2.45) is 5.92 Å². The van der Waals surface area contributed by atoms with Gasteiger partial charge in [-0.15, -0.1) is 0 Å². The van der Waals surface area contributed by atoms with Crippen molar-refractivity contribution in [2.75, 3.05) is 6.61 Å². The molecule has 7 nitrogen and oxygen atoms in total. The molecular weight excluding hydrogens is 424 g/mol. The van der Waals surface area contributed by atoms with Crippen LogP contribution in [0.5, 0.6) is 0 Å². The number of carbonyl (C=O) groups is 2. The molecule has 0 saturated heterocycles. The highest BCUT2D eigenvalue weighted by Gasteiger charge is 2.27. The van der Waals surface area contributed by atoms with Crippen molar-refractivity contribution in [3.63, 3.8) is 0 Å². The van der Waals surface area contributed by atoms with Gasteiger partial charge < -0.3 is 25.2 Å². The second-order valence-corrected chi connectivity index (χ2v) is 9.32. The number of hydrogen-bond acceptors (Lipinski definition) is 7. The molecule has 0 aliphatic carbocycles. The van der Waals surface area contributed by atoms with E-state index in [1.165, 1.54) is 27.7 Å². The van der Waals surface area contributed by atoms with Gasteiger partial charge in [0.05, 0.1) is 6.61 Å². The Morgan fingerprint density at radius 2 is 1.15 bits per heavy atom. The van der Waals surface area contributed by atoms with Gasteiger partial charge in [0.15, 0.2) is 17.9 Å². The first-order valence-electron chi connectivity index (χ1n) is 11.0. The van der Waals surface area contributed by atoms with Crippen molar-refractivity contribution < 1.29 is 34.8 Å². The average molecular weight is 459 g/mol. The van der Waals surface area contributed by atoms with Crippen LogP contribution >= 0.6 is 0 Å². The van der Waals surface area contributed by atoms with Crippen LogP contribution < -0.4 is 0 Å². The third-order valence-corrected chi connectivity index (χ3v) is 5.49. The summed E-state index contributed by atoms with van der Waals surface area (Å²) in [5.41, 5.74) is -0.850. The average Bonchev–Trinajstić information content (AvgIpc) is 2.74. The zero-order chi connectivity index (χ0) is 25.0. The first-order chi connectivity index (χ1) is 15.3. The monoisotopic (exact) mass is 458 g/mol. The maximum Gasteiger partial charge on any atom is 0.193 e. The highest BCUT2D eigenvalue weighted by Crippen LogP contribution is 2.29. The van der Waals surface area contributed by atoms with Crippen molar-refractivity contribution in [1.82, 2.24) is 0 Å². The van der Waals surface area contributed by atoms with Crippen LogP contribution in [-0.4, -0.2) is 56.1 Å². The number of Topliss-reactive ketones (excluding diaryl/α,β-unsaturated/α-hetero) is 2. The third-order valence-electron chi connectivity index (χ3n) is 5.49. The molecule has 1 atom stereocenters. The van der Waals surface area contributed by atoms with E-state index in [0.717, 1.165) is 0 Å². The van der Waals surface area contributed by atoms with Crippen molar-refractivity contribution in [3.05, 3.63) is 70.8 Å². The molecule has 0 heterocycles. The fourth-order valence-corrected chi connectivity index (χ4v) is 3.34. The van der Waals surface area contributed by atoms with Gasteiger partial charge in [0.25, 0.3) is 0 Å². The highest BCUT2D eigenvalue weighted by atomic mass is 16.5. The summed E-state index contributed by atoms with van der Waals surface area (Å²) in [6, 6.07) is 13.3. The molecule has 180 valence electrons. The number of carbonyl (C=O) groups excluding carboxylic acids is 2. The van der Waals surface area contributed by atoms with Gasteiger partial charge in [0.2, 0.25) is 0 Å². The smallest absolute Gasteiger partial charge is 0.193 e. The maximum atomic E-state index is 12.3. The molecule has 2 rings (SSSR count). The number of ketones is 2. The molecule has 0 fully saturated rings. The highest BCUT2D eigenvalue weighted by molar-refractivity contribution is 6.02. The Balaban J connectivity index is 2.38. The van der Waals surface area contributed by atoms with Gasteiger partial charge in [-0.1, -0.05) is 55.5 Å². The molecule has 2 aromatic rings. The van der Waals surface area contributed by atoms with Crippen LogP contribution in [0.15, 0.2) is 48.5 Å². The molecule has 0 radical (unpaired) electrons. The van der Waals surface area contributed by atoms with E-state index in [1.807, 2.05) is 6.92 Å². The lowest BCUT2D eigenvalue weighted by atomic mass is 9.92. The van der Waals surface area contributed by atoms with Gasteiger partial charge in [0.1, 0.15) is 17.3 Å². The van der Waals surface area contributed by atoms with E-state index in [9.17, 15) is 30.0 Å². The van der Waals surface area contributed by atoms with Crippen molar-refractivity contribution in [1.29, 1.82) is 0 Å².